The Morgan fingerprint density at radius 2 is 1.77 bits per heavy atom. The summed E-state index contributed by atoms with van der Waals surface area (Å²) in [4.78, 5) is 24.7. The van der Waals surface area contributed by atoms with Gasteiger partial charge in [-0.3, -0.25) is 4.79 Å². The molecule has 0 saturated heterocycles. The minimum atomic E-state index is -0.985. The highest BCUT2D eigenvalue weighted by Crippen LogP contribution is 2.71. The Balaban J connectivity index is 1.20. The highest BCUT2D eigenvalue weighted by Gasteiger charge is 2.69. The van der Waals surface area contributed by atoms with Gasteiger partial charge in [0.25, 0.3) is 0 Å². The van der Waals surface area contributed by atoms with Crippen molar-refractivity contribution in [2.75, 3.05) is 11.4 Å². The fraction of sp³-hybridized carbons (Fsp3) is 0.704. The van der Waals surface area contributed by atoms with E-state index in [2.05, 4.69) is 46.8 Å². The molecule has 35 heavy (non-hydrogen) atoms. The molecular formula is C27H34BrFN4O2. The van der Waals surface area contributed by atoms with Crippen molar-refractivity contribution in [2.45, 2.75) is 101 Å². The normalized spacial score (nSPS) is 35.3. The largest absolute Gasteiger partial charge is 0.339 e. The van der Waals surface area contributed by atoms with Crippen molar-refractivity contribution in [3.05, 3.63) is 34.6 Å². The Morgan fingerprint density at radius 3 is 2.31 bits per heavy atom. The lowest BCUT2D eigenvalue weighted by Gasteiger charge is -2.66. The summed E-state index contributed by atoms with van der Waals surface area (Å²) in [6.07, 6.45) is 10.0. The Hall–Kier alpha value is -1.83. The summed E-state index contributed by atoms with van der Waals surface area (Å²) in [7, 11) is 0. The third kappa shape index (κ3) is 3.94. The Morgan fingerprint density at radius 1 is 1.11 bits per heavy atom. The summed E-state index contributed by atoms with van der Waals surface area (Å²) in [6, 6.07) is 3.84. The van der Waals surface area contributed by atoms with Crippen LogP contribution in [0.5, 0.6) is 0 Å². The van der Waals surface area contributed by atoms with Crippen LogP contribution < -0.4 is 4.90 Å². The monoisotopic (exact) mass is 544 g/mol. The average Bonchev–Trinajstić information content (AvgIpc) is 3.29. The van der Waals surface area contributed by atoms with Gasteiger partial charge in [0.2, 0.25) is 11.8 Å². The summed E-state index contributed by atoms with van der Waals surface area (Å²) < 4.78 is 20.5. The highest BCUT2D eigenvalue weighted by molar-refractivity contribution is 9.10. The summed E-state index contributed by atoms with van der Waals surface area (Å²) in [5.41, 5.74) is -0.292. The predicted octanol–water partition coefficient (Wildman–Crippen LogP) is 6.43. The molecule has 6 fully saturated rings. The van der Waals surface area contributed by atoms with Crippen LogP contribution in [0.1, 0.15) is 96.7 Å². The van der Waals surface area contributed by atoms with Crippen molar-refractivity contribution in [2.24, 2.45) is 10.8 Å². The van der Waals surface area contributed by atoms with Crippen LogP contribution >= 0.6 is 15.9 Å². The van der Waals surface area contributed by atoms with Crippen LogP contribution in [0.25, 0.3) is 0 Å². The quantitative estimate of drug-likeness (QED) is 0.391. The second kappa shape index (κ2) is 7.59. The summed E-state index contributed by atoms with van der Waals surface area (Å²) in [5.74, 6) is 1.69. The first-order chi connectivity index (χ1) is 16.4. The second-order valence-corrected chi connectivity index (χ2v) is 13.9. The molecule has 0 aliphatic heterocycles. The van der Waals surface area contributed by atoms with Crippen molar-refractivity contribution < 1.29 is 13.7 Å². The standard InChI is InChI=1S/C27H34BrFN4O2/c1-23(2,3)22-31-21(32-35-22)26-8-5-24(6-9-26,7-10-26)17-33(18-4-11-30-19(28)12-18)20(34)13-25-14-27(29,15-25)16-25/h4,11-12H,5-10,13-17H2,1-3H3. The van der Waals surface area contributed by atoms with E-state index >= 15 is 0 Å². The van der Waals surface area contributed by atoms with Gasteiger partial charge in [0.1, 0.15) is 10.3 Å². The van der Waals surface area contributed by atoms with Gasteiger partial charge in [0, 0.05) is 35.7 Å². The number of halogens is 2. The van der Waals surface area contributed by atoms with Crippen molar-refractivity contribution >= 4 is 27.5 Å². The van der Waals surface area contributed by atoms with E-state index in [0.717, 1.165) is 54.6 Å². The van der Waals surface area contributed by atoms with Crippen LogP contribution in [0.3, 0.4) is 0 Å². The fourth-order valence-electron chi connectivity index (χ4n) is 7.26. The van der Waals surface area contributed by atoms with Crippen molar-refractivity contribution in [3.8, 4) is 0 Å². The molecule has 0 radical (unpaired) electrons. The third-order valence-electron chi connectivity index (χ3n) is 9.36. The zero-order valence-corrected chi connectivity index (χ0v) is 22.5. The van der Waals surface area contributed by atoms with Gasteiger partial charge in [-0.25, -0.2) is 9.37 Å². The Kier molecular flexibility index (Phi) is 5.11. The number of carbonyl (C=O) groups is 1. The van der Waals surface area contributed by atoms with E-state index in [1.807, 2.05) is 17.0 Å². The number of hydrogen-bond donors (Lipinski definition) is 0. The molecule has 6 aliphatic rings. The van der Waals surface area contributed by atoms with Gasteiger partial charge in [0.15, 0.2) is 5.82 Å². The van der Waals surface area contributed by atoms with Crippen molar-refractivity contribution in [1.29, 1.82) is 0 Å². The van der Waals surface area contributed by atoms with Crippen LogP contribution in [-0.2, 0) is 15.6 Å². The van der Waals surface area contributed by atoms with Gasteiger partial charge >= 0.3 is 0 Å². The minimum absolute atomic E-state index is 0.00936. The first-order valence-corrected chi connectivity index (χ1v) is 13.7. The van der Waals surface area contributed by atoms with E-state index in [9.17, 15) is 9.18 Å². The molecule has 6 nitrogen and oxygen atoms in total. The minimum Gasteiger partial charge on any atom is -0.339 e. The molecule has 0 atom stereocenters. The molecule has 0 aromatic carbocycles. The maximum atomic E-state index is 14.1. The number of alkyl halides is 1. The van der Waals surface area contributed by atoms with Crippen LogP contribution in [-0.4, -0.2) is 33.2 Å². The molecule has 6 saturated carbocycles. The summed E-state index contributed by atoms with van der Waals surface area (Å²) in [6.45, 7) is 6.99. The number of pyridine rings is 1. The first-order valence-electron chi connectivity index (χ1n) is 12.9. The second-order valence-electron chi connectivity index (χ2n) is 13.1. The van der Waals surface area contributed by atoms with Crippen LogP contribution in [0.4, 0.5) is 10.1 Å². The Labute approximate surface area is 214 Å². The first kappa shape index (κ1) is 23.6. The lowest BCUT2D eigenvalue weighted by atomic mass is 9.41. The number of nitrogens with zero attached hydrogens (tertiary/aromatic N) is 4. The molecule has 1 amide bonds. The fourth-order valence-corrected chi connectivity index (χ4v) is 7.62. The molecule has 8 heteroatoms. The molecule has 0 spiro atoms. The topological polar surface area (TPSA) is 72.1 Å². The molecule has 0 unspecified atom stereocenters. The number of anilines is 1. The maximum absolute atomic E-state index is 14.1. The third-order valence-corrected chi connectivity index (χ3v) is 9.80. The van der Waals surface area contributed by atoms with E-state index in [4.69, 9.17) is 9.51 Å². The molecule has 4 bridgehead atoms. The van der Waals surface area contributed by atoms with Crippen LogP contribution in [0, 0.1) is 10.8 Å². The van der Waals surface area contributed by atoms with E-state index in [1.54, 1.807) is 6.20 Å². The van der Waals surface area contributed by atoms with E-state index in [0.29, 0.717) is 38.1 Å². The zero-order chi connectivity index (χ0) is 24.7. The number of fused-ring (bicyclic) bond motifs is 3. The lowest BCUT2D eigenvalue weighted by Crippen LogP contribution is -2.65. The van der Waals surface area contributed by atoms with Gasteiger partial charge in [-0.2, -0.15) is 4.98 Å². The smallest absolute Gasteiger partial charge is 0.232 e. The number of carbonyl (C=O) groups excluding carboxylic acids is 1. The molecule has 2 aromatic heterocycles. The number of rotatable bonds is 6. The van der Waals surface area contributed by atoms with Gasteiger partial charge in [-0.1, -0.05) is 25.9 Å². The molecule has 188 valence electrons. The SMILES string of the molecule is CC(C)(C)c1nc(C23CCC(CN(C(=O)CC45CC(F)(C4)C5)c4ccnc(Br)c4)(CC2)CC3)no1. The molecule has 2 heterocycles. The molecule has 2 aromatic rings. The van der Waals surface area contributed by atoms with Crippen molar-refractivity contribution in [3.63, 3.8) is 0 Å². The average molecular weight is 545 g/mol. The van der Waals surface area contributed by atoms with Gasteiger partial charge in [-0.15, -0.1) is 0 Å². The molecule has 6 aliphatic carbocycles. The Bertz CT molecular complexity index is 1130. The number of amides is 1. The molecule has 0 N–H and O–H groups in total. The van der Waals surface area contributed by atoms with Gasteiger partial charge in [-0.05, 0) is 96.7 Å². The van der Waals surface area contributed by atoms with Gasteiger partial charge < -0.3 is 9.42 Å². The summed E-state index contributed by atoms with van der Waals surface area (Å²) in [5, 5.41) is 4.42. The van der Waals surface area contributed by atoms with Crippen molar-refractivity contribution in [1.82, 2.24) is 15.1 Å². The highest BCUT2D eigenvalue weighted by atomic mass is 79.9. The number of hydrogen-bond acceptors (Lipinski definition) is 5. The predicted molar refractivity (Wildman–Crippen MR) is 134 cm³/mol. The van der Waals surface area contributed by atoms with Crippen LogP contribution in [0.2, 0.25) is 0 Å². The maximum Gasteiger partial charge on any atom is 0.232 e. The lowest BCUT2D eigenvalue weighted by molar-refractivity contribution is -0.215. The summed E-state index contributed by atoms with van der Waals surface area (Å²) >= 11 is 3.47. The van der Waals surface area contributed by atoms with Gasteiger partial charge in [0.05, 0.1) is 0 Å². The molecular weight excluding hydrogens is 511 g/mol. The van der Waals surface area contributed by atoms with E-state index in [-0.39, 0.29) is 27.6 Å². The van der Waals surface area contributed by atoms with E-state index in [1.165, 1.54) is 0 Å². The number of aromatic nitrogens is 3. The molecule has 8 rings (SSSR count). The van der Waals surface area contributed by atoms with E-state index < -0.39 is 5.67 Å². The van der Waals surface area contributed by atoms with Crippen LogP contribution in [0.15, 0.2) is 27.5 Å². The zero-order valence-electron chi connectivity index (χ0n) is 20.9.